The summed E-state index contributed by atoms with van der Waals surface area (Å²) < 4.78 is 13.2. The van der Waals surface area contributed by atoms with E-state index in [1.54, 1.807) is 19.2 Å². The summed E-state index contributed by atoms with van der Waals surface area (Å²) in [4.78, 5) is 0. The van der Waals surface area contributed by atoms with Crippen LogP contribution in [0.3, 0.4) is 0 Å². The average molecular weight is 270 g/mol. The fraction of sp³-hybridized carbons (Fsp3) is 0.0667. The number of hydrogen-bond acceptors (Lipinski definition) is 2. The molecule has 0 saturated carbocycles. The van der Waals surface area contributed by atoms with Crippen LogP contribution in [0.5, 0.6) is 0 Å². The molecule has 0 atom stereocenters. The second kappa shape index (κ2) is 5.97. The maximum Gasteiger partial charge on any atom is 0.211 e. The lowest BCUT2D eigenvalue weighted by molar-refractivity contribution is 0.619. The van der Waals surface area contributed by atoms with Crippen molar-refractivity contribution in [2.45, 2.75) is 6.92 Å². The predicted octanol–water partition coefficient (Wildman–Crippen LogP) is 2.41. The number of nitrogens with two attached hydrogens (primary N) is 2. The van der Waals surface area contributed by atoms with Gasteiger partial charge in [-0.3, -0.25) is 0 Å². The highest BCUT2D eigenvalue weighted by atomic mass is 19.1. The van der Waals surface area contributed by atoms with Gasteiger partial charge < -0.3 is 11.5 Å². The van der Waals surface area contributed by atoms with Gasteiger partial charge in [-0.15, -0.1) is 5.10 Å². The van der Waals surface area contributed by atoms with Crippen LogP contribution in [-0.2, 0) is 0 Å². The molecule has 2 aromatic carbocycles. The van der Waals surface area contributed by atoms with Crippen molar-refractivity contribution in [3.8, 4) is 11.1 Å². The van der Waals surface area contributed by atoms with E-state index in [1.165, 1.54) is 6.07 Å². The Balaban J connectivity index is 2.21. The Morgan fingerprint density at radius 2 is 1.70 bits per heavy atom. The molecular weight excluding hydrogens is 255 g/mol. The van der Waals surface area contributed by atoms with Gasteiger partial charge in [0.15, 0.2) is 0 Å². The van der Waals surface area contributed by atoms with Crippen LogP contribution in [0, 0.1) is 12.7 Å². The quantitative estimate of drug-likeness (QED) is 0.510. The number of halogens is 1. The van der Waals surface area contributed by atoms with Gasteiger partial charge in [0, 0.05) is 0 Å². The van der Waals surface area contributed by atoms with Gasteiger partial charge in [0.05, 0.1) is 6.21 Å². The van der Waals surface area contributed by atoms with E-state index in [4.69, 9.17) is 11.5 Å². The first-order valence-corrected chi connectivity index (χ1v) is 6.05. The van der Waals surface area contributed by atoms with Gasteiger partial charge in [0.1, 0.15) is 5.82 Å². The number of nitrogens with zero attached hydrogens (tertiary/aromatic N) is 2. The van der Waals surface area contributed by atoms with Crippen molar-refractivity contribution < 1.29 is 4.39 Å². The van der Waals surface area contributed by atoms with Crippen molar-refractivity contribution in [3.05, 3.63) is 59.4 Å². The molecule has 0 radical (unpaired) electrons. The second-order valence-corrected chi connectivity index (χ2v) is 4.36. The lowest BCUT2D eigenvalue weighted by atomic mass is 10.0. The van der Waals surface area contributed by atoms with Crippen molar-refractivity contribution in [1.29, 1.82) is 0 Å². The van der Waals surface area contributed by atoms with Gasteiger partial charge in [-0.1, -0.05) is 30.3 Å². The Morgan fingerprint density at radius 3 is 2.30 bits per heavy atom. The Bertz CT molecular complexity index is 656. The summed E-state index contributed by atoms with van der Waals surface area (Å²) in [5.74, 6) is -0.283. The van der Waals surface area contributed by atoms with Gasteiger partial charge in [0.25, 0.3) is 0 Å². The van der Waals surface area contributed by atoms with Crippen molar-refractivity contribution in [3.63, 3.8) is 0 Å². The maximum atomic E-state index is 13.2. The normalized spacial score (nSPS) is 10.7. The Kier molecular flexibility index (Phi) is 4.10. The first-order valence-electron chi connectivity index (χ1n) is 6.05. The van der Waals surface area contributed by atoms with Crippen LogP contribution in [0.4, 0.5) is 4.39 Å². The van der Waals surface area contributed by atoms with Crippen LogP contribution in [0.2, 0.25) is 0 Å². The molecule has 0 amide bonds. The van der Waals surface area contributed by atoms with Crippen LogP contribution < -0.4 is 11.5 Å². The standard InChI is InChI=1S/C15H15FN4/c1-10-8-13(6-7-14(10)16)12-4-2-11(3-5-12)9-19-20-15(17)18/h2-9H,1H3,(H4,17,18,20). The lowest BCUT2D eigenvalue weighted by Gasteiger charge is -2.04. The van der Waals surface area contributed by atoms with E-state index in [1.807, 2.05) is 30.3 Å². The zero-order valence-corrected chi connectivity index (χ0v) is 11.0. The highest BCUT2D eigenvalue weighted by Gasteiger charge is 2.01. The Hall–Kier alpha value is -2.69. The minimum absolute atomic E-state index is 0.0837. The SMILES string of the molecule is Cc1cc(-c2ccc(C=NN=C(N)N)cc2)ccc1F. The van der Waals surface area contributed by atoms with Crippen molar-refractivity contribution in [1.82, 2.24) is 0 Å². The number of guanidine groups is 1. The first kappa shape index (κ1) is 13.7. The molecule has 0 aliphatic rings. The minimum atomic E-state index is -0.199. The molecule has 0 saturated heterocycles. The molecule has 0 unspecified atom stereocenters. The summed E-state index contributed by atoms with van der Waals surface area (Å²) in [5.41, 5.74) is 13.8. The number of hydrogen-bond donors (Lipinski definition) is 2. The summed E-state index contributed by atoms with van der Waals surface area (Å²) in [6.07, 6.45) is 1.55. The molecule has 20 heavy (non-hydrogen) atoms. The van der Waals surface area contributed by atoms with E-state index in [9.17, 15) is 4.39 Å². The molecule has 0 spiro atoms. The predicted molar refractivity (Wildman–Crippen MR) is 80.0 cm³/mol. The highest BCUT2D eigenvalue weighted by Crippen LogP contribution is 2.22. The third kappa shape index (κ3) is 3.41. The fourth-order valence-corrected chi connectivity index (χ4v) is 1.75. The second-order valence-electron chi connectivity index (χ2n) is 4.36. The van der Waals surface area contributed by atoms with Crippen LogP contribution in [0.1, 0.15) is 11.1 Å². The summed E-state index contributed by atoms with van der Waals surface area (Å²) in [6, 6.07) is 12.7. The monoisotopic (exact) mass is 270 g/mol. The maximum absolute atomic E-state index is 13.2. The molecule has 2 aromatic rings. The molecule has 2 rings (SSSR count). The Morgan fingerprint density at radius 1 is 1.05 bits per heavy atom. The fourth-order valence-electron chi connectivity index (χ4n) is 1.75. The van der Waals surface area contributed by atoms with Gasteiger partial charge >= 0.3 is 0 Å². The molecule has 0 aromatic heterocycles. The lowest BCUT2D eigenvalue weighted by Crippen LogP contribution is -2.21. The van der Waals surface area contributed by atoms with Gasteiger partial charge in [-0.25, -0.2) is 4.39 Å². The first-order chi connectivity index (χ1) is 9.56. The summed E-state index contributed by atoms with van der Waals surface area (Å²) in [5, 5.41) is 7.25. The highest BCUT2D eigenvalue weighted by molar-refractivity contribution is 5.82. The van der Waals surface area contributed by atoms with Crippen molar-refractivity contribution in [2.75, 3.05) is 0 Å². The molecular formula is C15H15FN4. The summed E-state index contributed by atoms with van der Waals surface area (Å²) >= 11 is 0. The number of benzene rings is 2. The molecule has 102 valence electrons. The van der Waals surface area contributed by atoms with E-state index in [2.05, 4.69) is 10.2 Å². The zero-order valence-electron chi connectivity index (χ0n) is 11.0. The minimum Gasteiger partial charge on any atom is -0.369 e. The molecule has 0 aliphatic carbocycles. The smallest absolute Gasteiger partial charge is 0.211 e. The molecule has 5 heteroatoms. The van der Waals surface area contributed by atoms with Crippen molar-refractivity contribution >= 4 is 12.2 Å². The largest absolute Gasteiger partial charge is 0.369 e. The van der Waals surface area contributed by atoms with Gasteiger partial charge in [0.2, 0.25) is 5.96 Å². The third-order valence-corrected chi connectivity index (χ3v) is 2.78. The van der Waals surface area contributed by atoms with Crippen LogP contribution in [-0.4, -0.2) is 12.2 Å². The van der Waals surface area contributed by atoms with Crippen molar-refractivity contribution in [2.24, 2.45) is 21.7 Å². The van der Waals surface area contributed by atoms with Crippen LogP contribution >= 0.6 is 0 Å². The van der Waals surface area contributed by atoms with E-state index >= 15 is 0 Å². The molecule has 4 N–H and O–H groups in total. The zero-order chi connectivity index (χ0) is 14.5. The van der Waals surface area contributed by atoms with E-state index < -0.39 is 0 Å². The molecule has 0 fully saturated rings. The van der Waals surface area contributed by atoms with Gasteiger partial charge in [-0.2, -0.15) is 5.10 Å². The van der Waals surface area contributed by atoms with E-state index in [0.717, 1.165) is 16.7 Å². The van der Waals surface area contributed by atoms with Crippen LogP contribution in [0.15, 0.2) is 52.7 Å². The molecule has 4 nitrogen and oxygen atoms in total. The van der Waals surface area contributed by atoms with E-state index in [-0.39, 0.29) is 11.8 Å². The van der Waals surface area contributed by atoms with Crippen LogP contribution in [0.25, 0.3) is 11.1 Å². The van der Waals surface area contributed by atoms with Gasteiger partial charge in [-0.05, 0) is 41.3 Å². The molecule has 0 aliphatic heterocycles. The Labute approximate surface area is 116 Å². The third-order valence-electron chi connectivity index (χ3n) is 2.78. The summed E-state index contributed by atoms with van der Waals surface area (Å²) in [7, 11) is 0. The molecule has 0 heterocycles. The topological polar surface area (TPSA) is 76.8 Å². The average Bonchev–Trinajstić information content (AvgIpc) is 2.42. The molecule has 0 bridgehead atoms. The van der Waals surface area contributed by atoms with E-state index in [0.29, 0.717) is 5.56 Å². The number of aryl methyl sites for hydroxylation is 1. The summed E-state index contributed by atoms with van der Waals surface area (Å²) in [6.45, 7) is 1.75. The number of rotatable bonds is 3.